The number of carbonyl (C=O) groups is 2. The van der Waals surface area contributed by atoms with E-state index < -0.39 is 0 Å². The number of nitrogens with zero attached hydrogens (tertiary/aromatic N) is 1. The fourth-order valence-electron chi connectivity index (χ4n) is 1.92. The van der Waals surface area contributed by atoms with E-state index in [4.69, 9.17) is 27.9 Å². The maximum atomic E-state index is 12.3. The van der Waals surface area contributed by atoms with Crippen LogP contribution in [0.5, 0.6) is 5.75 Å². The predicted octanol–water partition coefficient (Wildman–Crippen LogP) is 4.36. The molecule has 0 saturated heterocycles. The molecule has 0 aliphatic heterocycles. The maximum absolute atomic E-state index is 12.3. The number of hydrogen-bond donors (Lipinski definition) is 0. The van der Waals surface area contributed by atoms with E-state index in [1.54, 1.807) is 62.6 Å². The number of rotatable bonds is 6. The lowest BCUT2D eigenvalue weighted by Crippen LogP contribution is -2.27. The number of amides is 1. The van der Waals surface area contributed by atoms with Crippen LogP contribution in [-0.4, -0.2) is 37.3 Å². The Balaban J connectivity index is 2.09. The van der Waals surface area contributed by atoms with Gasteiger partial charge >= 0.3 is 0 Å². The molecular formula is C19H17Cl2NO3. The van der Waals surface area contributed by atoms with Crippen LogP contribution in [0.25, 0.3) is 6.08 Å². The van der Waals surface area contributed by atoms with Crippen molar-refractivity contribution in [2.24, 2.45) is 0 Å². The number of likely N-dealkylation sites (N-methyl/N-ethyl adjacent to an activating group) is 1. The molecule has 0 aliphatic rings. The summed E-state index contributed by atoms with van der Waals surface area (Å²) in [7, 11) is 3.30. The minimum absolute atomic E-state index is 0.0847. The van der Waals surface area contributed by atoms with Crippen LogP contribution in [0.15, 0.2) is 48.5 Å². The van der Waals surface area contributed by atoms with Crippen LogP contribution in [0.4, 0.5) is 0 Å². The molecule has 25 heavy (non-hydrogen) atoms. The Labute approximate surface area is 156 Å². The number of allylic oxidation sites excluding steroid dienone is 1. The lowest BCUT2D eigenvalue weighted by molar-refractivity contribution is -0.130. The van der Waals surface area contributed by atoms with Crippen LogP contribution in [0.1, 0.15) is 15.9 Å². The smallest absolute Gasteiger partial charge is 0.259 e. The van der Waals surface area contributed by atoms with E-state index in [9.17, 15) is 9.59 Å². The summed E-state index contributed by atoms with van der Waals surface area (Å²) in [5.74, 6) is 0.0860. The fourth-order valence-corrected chi connectivity index (χ4v) is 2.30. The summed E-state index contributed by atoms with van der Waals surface area (Å²) >= 11 is 12.0. The van der Waals surface area contributed by atoms with Gasteiger partial charge in [-0.05, 0) is 35.9 Å². The Morgan fingerprint density at radius 3 is 2.56 bits per heavy atom. The third-order valence-corrected chi connectivity index (χ3v) is 4.21. The van der Waals surface area contributed by atoms with Crippen molar-refractivity contribution in [1.82, 2.24) is 4.90 Å². The molecule has 1 amide bonds. The van der Waals surface area contributed by atoms with Gasteiger partial charge in [0.1, 0.15) is 5.75 Å². The van der Waals surface area contributed by atoms with E-state index in [1.165, 1.54) is 11.0 Å². The number of ketones is 1. The van der Waals surface area contributed by atoms with Gasteiger partial charge in [0.25, 0.3) is 5.91 Å². The summed E-state index contributed by atoms with van der Waals surface area (Å²) in [6.45, 7) is -0.0847. The Bertz CT molecular complexity index is 816. The van der Waals surface area contributed by atoms with Crippen LogP contribution in [-0.2, 0) is 4.79 Å². The second-order valence-electron chi connectivity index (χ2n) is 5.45. The molecule has 0 saturated carbocycles. The van der Waals surface area contributed by atoms with Crippen molar-refractivity contribution in [2.75, 3.05) is 20.7 Å². The third kappa shape index (κ3) is 5.34. The monoisotopic (exact) mass is 377 g/mol. The number of carbonyl (C=O) groups excluding carboxylic acids is 2. The molecule has 130 valence electrons. The highest BCUT2D eigenvalue weighted by molar-refractivity contribution is 6.42. The van der Waals surface area contributed by atoms with E-state index in [1.807, 2.05) is 0 Å². The summed E-state index contributed by atoms with van der Waals surface area (Å²) in [6, 6.07) is 11.9. The molecule has 4 nitrogen and oxygen atoms in total. The van der Waals surface area contributed by atoms with Crippen molar-refractivity contribution in [3.63, 3.8) is 0 Å². The van der Waals surface area contributed by atoms with Gasteiger partial charge in [0, 0.05) is 19.7 Å². The molecule has 2 rings (SSSR count). The largest absolute Gasteiger partial charge is 0.484 e. The summed E-state index contributed by atoms with van der Waals surface area (Å²) in [6.07, 6.45) is 3.03. The van der Waals surface area contributed by atoms with Gasteiger partial charge in [-0.2, -0.15) is 0 Å². The standard InChI is InChI=1S/C19H17Cl2NO3/c1-22(2)18(24)12-25-15-7-3-6-14(11-15)17(23)10-9-13-5-4-8-16(20)19(13)21/h3-11H,12H2,1-2H3. The minimum atomic E-state index is -0.208. The number of hydrogen-bond acceptors (Lipinski definition) is 3. The van der Waals surface area contributed by atoms with E-state index in [2.05, 4.69) is 0 Å². The predicted molar refractivity (Wildman–Crippen MR) is 100 cm³/mol. The van der Waals surface area contributed by atoms with Gasteiger partial charge in [-0.15, -0.1) is 0 Å². The van der Waals surface area contributed by atoms with E-state index in [0.29, 0.717) is 26.9 Å². The molecule has 0 aliphatic carbocycles. The van der Waals surface area contributed by atoms with E-state index in [-0.39, 0.29) is 18.3 Å². The molecule has 0 fully saturated rings. The second kappa shape index (κ2) is 8.70. The maximum Gasteiger partial charge on any atom is 0.259 e. The average Bonchev–Trinajstić information content (AvgIpc) is 2.60. The van der Waals surface area contributed by atoms with Crippen molar-refractivity contribution < 1.29 is 14.3 Å². The van der Waals surface area contributed by atoms with Crippen molar-refractivity contribution in [3.05, 3.63) is 69.7 Å². The van der Waals surface area contributed by atoms with E-state index in [0.717, 1.165) is 0 Å². The van der Waals surface area contributed by atoms with Crippen LogP contribution in [0, 0.1) is 0 Å². The first kappa shape index (κ1) is 19.0. The molecule has 0 aromatic heterocycles. The van der Waals surface area contributed by atoms with Crippen molar-refractivity contribution in [2.45, 2.75) is 0 Å². The Kier molecular flexibility index (Phi) is 6.62. The lowest BCUT2D eigenvalue weighted by atomic mass is 10.1. The molecule has 2 aromatic carbocycles. The number of benzene rings is 2. The Morgan fingerprint density at radius 1 is 1.12 bits per heavy atom. The zero-order valence-corrected chi connectivity index (χ0v) is 15.3. The van der Waals surface area contributed by atoms with Crippen molar-refractivity contribution >= 4 is 41.0 Å². The highest BCUT2D eigenvalue weighted by Gasteiger charge is 2.08. The normalized spacial score (nSPS) is 10.7. The van der Waals surface area contributed by atoms with Crippen LogP contribution >= 0.6 is 23.2 Å². The summed E-state index contributed by atoms with van der Waals surface area (Å²) in [5, 5.41) is 0.824. The lowest BCUT2D eigenvalue weighted by Gasteiger charge is -2.11. The molecular weight excluding hydrogens is 361 g/mol. The van der Waals surface area contributed by atoms with Gasteiger partial charge in [0.2, 0.25) is 0 Å². The van der Waals surface area contributed by atoms with Gasteiger partial charge in [-0.3, -0.25) is 9.59 Å². The Hall–Kier alpha value is -2.30. The molecule has 0 spiro atoms. The zero-order chi connectivity index (χ0) is 18.4. The summed E-state index contributed by atoms with van der Waals surface area (Å²) < 4.78 is 5.41. The van der Waals surface area contributed by atoms with Gasteiger partial charge in [0.15, 0.2) is 12.4 Å². The highest BCUT2D eigenvalue weighted by Crippen LogP contribution is 2.26. The summed E-state index contributed by atoms with van der Waals surface area (Å²) in [4.78, 5) is 25.3. The first-order chi connectivity index (χ1) is 11.9. The topological polar surface area (TPSA) is 46.6 Å². The molecule has 0 heterocycles. The molecule has 6 heteroatoms. The number of ether oxygens (including phenoxy) is 1. The number of halogens is 2. The molecule has 0 unspecified atom stereocenters. The first-order valence-electron chi connectivity index (χ1n) is 7.48. The zero-order valence-electron chi connectivity index (χ0n) is 13.8. The van der Waals surface area contributed by atoms with Gasteiger partial charge < -0.3 is 9.64 Å². The molecule has 0 radical (unpaired) electrons. The fraction of sp³-hybridized carbons (Fsp3) is 0.158. The van der Waals surface area contributed by atoms with Crippen molar-refractivity contribution in [3.8, 4) is 5.75 Å². The molecule has 2 aromatic rings. The Morgan fingerprint density at radius 2 is 1.84 bits per heavy atom. The summed E-state index contributed by atoms with van der Waals surface area (Å²) in [5.41, 5.74) is 1.11. The molecule has 0 atom stereocenters. The third-order valence-electron chi connectivity index (χ3n) is 3.38. The second-order valence-corrected chi connectivity index (χ2v) is 6.23. The highest BCUT2D eigenvalue weighted by atomic mass is 35.5. The van der Waals surface area contributed by atoms with Gasteiger partial charge in [0.05, 0.1) is 10.0 Å². The minimum Gasteiger partial charge on any atom is -0.484 e. The van der Waals surface area contributed by atoms with Gasteiger partial charge in [-0.25, -0.2) is 0 Å². The van der Waals surface area contributed by atoms with Crippen LogP contribution < -0.4 is 4.74 Å². The van der Waals surface area contributed by atoms with E-state index >= 15 is 0 Å². The molecule has 0 N–H and O–H groups in total. The SMILES string of the molecule is CN(C)C(=O)COc1cccc(C(=O)C=Cc2cccc(Cl)c2Cl)c1. The van der Waals surface area contributed by atoms with Gasteiger partial charge in [-0.1, -0.05) is 47.5 Å². The van der Waals surface area contributed by atoms with Crippen LogP contribution in [0.2, 0.25) is 10.0 Å². The van der Waals surface area contributed by atoms with Crippen molar-refractivity contribution in [1.29, 1.82) is 0 Å². The van der Waals surface area contributed by atoms with Crippen LogP contribution in [0.3, 0.4) is 0 Å². The average molecular weight is 378 g/mol. The molecule has 0 bridgehead atoms. The quantitative estimate of drug-likeness (QED) is 0.555. The first-order valence-corrected chi connectivity index (χ1v) is 8.23.